The molecule has 1 aliphatic carbocycles. The van der Waals surface area contributed by atoms with E-state index in [-0.39, 0.29) is 5.02 Å². The number of nitrogens with zero attached hydrogens (tertiary/aromatic N) is 4. The first-order valence-electron chi connectivity index (χ1n) is 9.34. The van der Waals surface area contributed by atoms with Crippen molar-refractivity contribution in [3.63, 3.8) is 0 Å². The third kappa shape index (κ3) is 3.59. The molecule has 8 heteroatoms. The van der Waals surface area contributed by atoms with Crippen LogP contribution >= 0.6 is 23.4 Å². The van der Waals surface area contributed by atoms with Crippen molar-refractivity contribution >= 4 is 35.0 Å². The summed E-state index contributed by atoms with van der Waals surface area (Å²) in [5, 5.41) is 0.490. The Morgan fingerprint density at radius 1 is 1.30 bits per heavy atom. The van der Waals surface area contributed by atoms with Gasteiger partial charge in [0, 0.05) is 24.2 Å². The maximum atomic E-state index is 13.5. The van der Waals surface area contributed by atoms with E-state index < -0.39 is 5.95 Å². The molecule has 1 atom stereocenters. The number of anilines is 2. The van der Waals surface area contributed by atoms with Gasteiger partial charge in [0.1, 0.15) is 15.9 Å². The van der Waals surface area contributed by atoms with Gasteiger partial charge in [0.05, 0.1) is 6.20 Å². The fourth-order valence-electron chi connectivity index (χ4n) is 4.44. The van der Waals surface area contributed by atoms with Crippen molar-refractivity contribution in [1.29, 1.82) is 0 Å². The molecule has 2 aliphatic rings. The van der Waals surface area contributed by atoms with Crippen LogP contribution in [-0.4, -0.2) is 28.0 Å². The molecule has 4 rings (SSSR count). The molecule has 1 saturated heterocycles. The molecule has 144 valence electrons. The lowest BCUT2D eigenvalue weighted by Gasteiger charge is -2.42. The van der Waals surface area contributed by atoms with Gasteiger partial charge in [-0.3, -0.25) is 0 Å². The van der Waals surface area contributed by atoms with E-state index in [0.29, 0.717) is 21.2 Å². The van der Waals surface area contributed by atoms with Gasteiger partial charge in [-0.2, -0.15) is 4.39 Å². The van der Waals surface area contributed by atoms with Gasteiger partial charge in [-0.25, -0.2) is 15.0 Å². The Hall–Kier alpha value is -1.60. The summed E-state index contributed by atoms with van der Waals surface area (Å²) >= 11 is 7.16. The SMILES string of the molecule is C[C@@H]1CCCC12CCN(c1cnc(Sc3ccnc(F)c3Cl)c(N)n1)CC2. The Balaban J connectivity index is 1.47. The standard InChI is InChI=1S/C19H23ClFN5S/c1-12-3-2-5-19(12)6-9-26(10-7-19)14-11-24-18(17(22)25-14)27-13-4-8-23-16(21)15(13)20/h4,8,11-12H,2-3,5-7,9-10H2,1H3,(H2,22,25)/t12-/m1/s1. The minimum absolute atomic E-state index is 0.0280. The lowest BCUT2D eigenvalue weighted by molar-refractivity contribution is 0.161. The summed E-state index contributed by atoms with van der Waals surface area (Å²) in [6.07, 6.45) is 9.61. The van der Waals surface area contributed by atoms with E-state index in [1.165, 1.54) is 50.1 Å². The van der Waals surface area contributed by atoms with Crippen LogP contribution in [0.3, 0.4) is 0 Å². The molecule has 2 aromatic heterocycles. The molecule has 0 radical (unpaired) electrons. The van der Waals surface area contributed by atoms with Gasteiger partial charge in [0.25, 0.3) is 0 Å². The molecule has 0 unspecified atom stereocenters. The summed E-state index contributed by atoms with van der Waals surface area (Å²) < 4.78 is 13.5. The smallest absolute Gasteiger partial charge is 0.232 e. The van der Waals surface area contributed by atoms with Crippen LogP contribution in [0, 0.1) is 17.3 Å². The summed E-state index contributed by atoms with van der Waals surface area (Å²) in [5.74, 6) is 1.26. The first kappa shape index (κ1) is 18.7. The molecule has 1 aliphatic heterocycles. The monoisotopic (exact) mass is 407 g/mol. The zero-order chi connectivity index (χ0) is 19.0. The minimum atomic E-state index is -0.701. The molecule has 3 heterocycles. The molecular weight excluding hydrogens is 385 g/mol. The van der Waals surface area contributed by atoms with E-state index in [0.717, 1.165) is 24.8 Å². The number of hydrogen-bond acceptors (Lipinski definition) is 6. The van der Waals surface area contributed by atoms with E-state index in [9.17, 15) is 4.39 Å². The number of halogens is 2. The number of hydrogen-bond donors (Lipinski definition) is 1. The molecule has 0 amide bonds. The lowest BCUT2D eigenvalue weighted by Crippen LogP contribution is -2.41. The van der Waals surface area contributed by atoms with Crippen LogP contribution in [-0.2, 0) is 0 Å². The second-order valence-electron chi connectivity index (χ2n) is 7.58. The number of pyridine rings is 1. The van der Waals surface area contributed by atoms with Crippen LogP contribution in [0.5, 0.6) is 0 Å². The van der Waals surface area contributed by atoms with Gasteiger partial charge in [-0.15, -0.1) is 0 Å². The van der Waals surface area contributed by atoms with Crippen molar-refractivity contribution in [2.24, 2.45) is 11.3 Å². The maximum absolute atomic E-state index is 13.5. The third-order valence-electron chi connectivity index (χ3n) is 6.21. The number of nitrogens with two attached hydrogens (primary N) is 1. The molecule has 1 saturated carbocycles. The quantitative estimate of drug-likeness (QED) is 0.737. The van der Waals surface area contributed by atoms with E-state index in [4.69, 9.17) is 17.3 Å². The highest BCUT2D eigenvalue weighted by molar-refractivity contribution is 7.99. The number of nitrogen functional groups attached to an aromatic ring is 1. The third-order valence-corrected chi connectivity index (χ3v) is 7.75. The average molecular weight is 408 g/mol. The number of aromatic nitrogens is 3. The minimum Gasteiger partial charge on any atom is -0.381 e. The van der Waals surface area contributed by atoms with Gasteiger partial charge in [-0.05, 0) is 36.7 Å². The summed E-state index contributed by atoms with van der Waals surface area (Å²) in [6, 6.07) is 1.64. The van der Waals surface area contributed by atoms with Crippen molar-refractivity contribution in [2.75, 3.05) is 23.7 Å². The first-order valence-corrected chi connectivity index (χ1v) is 10.5. The van der Waals surface area contributed by atoms with E-state index in [2.05, 4.69) is 26.8 Å². The lowest BCUT2D eigenvalue weighted by atomic mass is 9.71. The molecule has 27 heavy (non-hydrogen) atoms. The van der Waals surface area contributed by atoms with Crippen molar-refractivity contribution in [1.82, 2.24) is 15.0 Å². The van der Waals surface area contributed by atoms with Crippen LogP contribution in [0.1, 0.15) is 39.0 Å². The van der Waals surface area contributed by atoms with Gasteiger partial charge >= 0.3 is 0 Å². The van der Waals surface area contributed by atoms with Gasteiger partial charge in [-0.1, -0.05) is 43.1 Å². The summed E-state index contributed by atoms with van der Waals surface area (Å²) in [6.45, 7) is 4.39. The van der Waals surface area contributed by atoms with E-state index in [1.54, 1.807) is 12.3 Å². The van der Waals surface area contributed by atoms with Crippen LogP contribution in [0.15, 0.2) is 28.4 Å². The zero-order valence-electron chi connectivity index (χ0n) is 15.3. The second-order valence-corrected chi connectivity index (χ2v) is 8.99. The van der Waals surface area contributed by atoms with Crippen LogP contribution in [0.4, 0.5) is 16.0 Å². The fraction of sp³-hybridized carbons (Fsp3) is 0.526. The topological polar surface area (TPSA) is 67.9 Å². The van der Waals surface area contributed by atoms with Gasteiger partial charge < -0.3 is 10.6 Å². The molecule has 0 aromatic carbocycles. The predicted molar refractivity (Wildman–Crippen MR) is 107 cm³/mol. The molecule has 0 bridgehead atoms. The predicted octanol–water partition coefficient (Wildman–Crippen LogP) is 4.80. The van der Waals surface area contributed by atoms with Crippen LogP contribution in [0.25, 0.3) is 0 Å². The second kappa shape index (κ2) is 7.43. The highest BCUT2D eigenvalue weighted by atomic mass is 35.5. The summed E-state index contributed by atoms with van der Waals surface area (Å²) in [7, 11) is 0. The van der Waals surface area contributed by atoms with Gasteiger partial charge in [0.15, 0.2) is 5.82 Å². The highest BCUT2D eigenvalue weighted by Gasteiger charge is 2.42. The van der Waals surface area contributed by atoms with Crippen molar-refractivity contribution < 1.29 is 4.39 Å². The highest BCUT2D eigenvalue weighted by Crippen LogP contribution is 2.50. The summed E-state index contributed by atoms with van der Waals surface area (Å²) in [5.41, 5.74) is 6.65. The zero-order valence-corrected chi connectivity index (χ0v) is 16.9. The van der Waals surface area contributed by atoms with Crippen LogP contribution in [0.2, 0.25) is 5.02 Å². The largest absolute Gasteiger partial charge is 0.381 e. The Bertz CT molecular complexity index is 841. The van der Waals surface area contributed by atoms with E-state index in [1.807, 2.05) is 0 Å². The number of piperidine rings is 1. The Morgan fingerprint density at radius 2 is 2.07 bits per heavy atom. The Labute approximate surface area is 167 Å². The maximum Gasteiger partial charge on any atom is 0.232 e. The van der Waals surface area contributed by atoms with Crippen molar-refractivity contribution in [3.05, 3.63) is 29.4 Å². The van der Waals surface area contributed by atoms with Crippen LogP contribution < -0.4 is 10.6 Å². The summed E-state index contributed by atoms with van der Waals surface area (Å²) in [4.78, 5) is 15.3. The van der Waals surface area contributed by atoms with E-state index >= 15 is 0 Å². The van der Waals surface area contributed by atoms with Crippen molar-refractivity contribution in [3.8, 4) is 0 Å². The molecular formula is C19H23ClFN5S. The van der Waals surface area contributed by atoms with Crippen molar-refractivity contribution in [2.45, 2.75) is 48.9 Å². The Morgan fingerprint density at radius 3 is 2.74 bits per heavy atom. The first-order chi connectivity index (χ1) is 13.0. The Kier molecular flexibility index (Phi) is 5.16. The fourth-order valence-corrected chi connectivity index (χ4v) is 5.43. The molecule has 2 N–H and O–H groups in total. The molecule has 5 nitrogen and oxygen atoms in total. The molecule has 2 fully saturated rings. The normalized spacial score (nSPS) is 21.7. The molecule has 1 spiro atoms. The molecule has 2 aromatic rings. The van der Waals surface area contributed by atoms with Gasteiger partial charge in [0.2, 0.25) is 5.95 Å². The number of rotatable bonds is 3. The average Bonchev–Trinajstić information content (AvgIpc) is 3.01.